The molecule has 0 aromatic heterocycles. The van der Waals surface area contributed by atoms with Gasteiger partial charge in [-0.05, 0) is 38.6 Å². The van der Waals surface area contributed by atoms with E-state index in [2.05, 4.69) is 4.90 Å². The maximum Gasteiger partial charge on any atom is 0.0667 e. The third-order valence-electron chi connectivity index (χ3n) is 3.27. The molecule has 2 aliphatic heterocycles. The van der Waals surface area contributed by atoms with E-state index in [1.165, 1.54) is 12.8 Å². The van der Waals surface area contributed by atoms with E-state index >= 15 is 0 Å². The van der Waals surface area contributed by atoms with Gasteiger partial charge in [0.25, 0.3) is 0 Å². The minimum Gasteiger partial charge on any atom is -0.392 e. The average Bonchev–Trinajstić information content (AvgIpc) is 2.67. The molecule has 3 heteroatoms. The Kier molecular flexibility index (Phi) is 3.79. The van der Waals surface area contributed by atoms with E-state index in [9.17, 15) is 5.11 Å². The third-order valence-corrected chi connectivity index (χ3v) is 3.27. The Balaban J connectivity index is 1.64. The summed E-state index contributed by atoms with van der Waals surface area (Å²) in [4.78, 5) is 2.37. The van der Waals surface area contributed by atoms with Crippen LogP contribution in [-0.2, 0) is 4.74 Å². The molecule has 0 aliphatic carbocycles. The maximum atomic E-state index is 9.50. The molecular formula is C11H21NO2. The summed E-state index contributed by atoms with van der Waals surface area (Å²) < 4.78 is 5.58. The molecule has 2 aliphatic rings. The van der Waals surface area contributed by atoms with Crippen LogP contribution in [0.1, 0.15) is 32.1 Å². The Morgan fingerprint density at radius 1 is 1.29 bits per heavy atom. The summed E-state index contributed by atoms with van der Waals surface area (Å²) in [5.41, 5.74) is 0. The van der Waals surface area contributed by atoms with E-state index in [1.807, 2.05) is 0 Å². The number of piperidine rings is 1. The first-order valence-electron chi connectivity index (χ1n) is 5.86. The first-order chi connectivity index (χ1) is 6.84. The maximum absolute atomic E-state index is 9.50. The molecule has 2 rings (SSSR count). The lowest BCUT2D eigenvalue weighted by molar-refractivity contribution is 0.0514. The zero-order valence-corrected chi connectivity index (χ0v) is 8.82. The van der Waals surface area contributed by atoms with Gasteiger partial charge < -0.3 is 14.7 Å². The van der Waals surface area contributed by atoms with Crippen LogP contribution in [0.4, 0.5) is 0 Å². The van der Waals surface area contributed by atoms with Crippen LogP contribution in [-0.4, -0.2) is 48.5 Å². The van der Waals surface area contributed by atoms with Gasteiger partial charge in [0.15, 0.2) is 0 Å². The fourth-order valence-electron chi connectivity index (χ4n) is 2.43. The molecule has 0 aromatic carbocycles. The van der Waals surface area contributed by atoms with Crippen molar-refractivity contribution >= 4 is 0 Å². The van der Waals surface area contributed by atoms with Crippen LogP contribution < -0.4 is 0 Å². The summed E-state index contributed by atoms with van der Waals surface area (Å²) in [6, 6.07) is 0. The molecule has 2 fully saturated rings. The molecule has 2 heterocycles. The Morgan fingerprint density at radius 3 is 2.93 bits per heavy atom. The summed E-state index contributed by atoms with van der Waals surface area (Å²) in [6.45, 7) is 4.07. The molecule has 2 saturated heterocycles. The summed E-state index contributed by atoms with van der Waals surface area (Å²) in [6.07, 6.45) is 6.14. The van der Waals surface area contributed by atoms with Gasteiger partial charge in [-0.15, -0.1) is 0 Å². The van der Waals surface area contributed by atoms with E-state index in [0.717, 1.165) is 45.5 Å². The van der Waals surface area contributed by atoms with Gasteiger partial charge in [0.2, 0.25) is 0 Å². The van der Waals surface area contributed by atoms with Gasteiger partial charge in [0.1, 0.15) is 0 Å². The SMILES string of the molecule is O[C@H]1CCCN(CCC2CCCO2)C1. The molecule has 0 bridgehead atoms. The van der Waals surface area contributed by atoms with Crippen LogP contribution in [0.5, 0.6) is 0 Å². The van der Waals surface area contributed by atoms with Crippen LogP contribution in [0.15, 0.2) is 0 Å². The molecule has 14 heavy (non-hydrogen) atoms. The van der Waals surface area contributed by atoms with Crippen molar-refractivity contribution in [2.45, 2.75) is 44.3 Å². The summed E-state index contributed by atoms with van der Waals surface area (Å²) in [5.74, 6) is 0. The van der Waals surface area contributed by atoms with E-state index in [-0.39, 0.29) is 6.10 Å². The smallest absolute Gasteiger partial charge is 0.0667 e. The van der Waals surface area contributed by atoms with Crippen molar-refractivity contribution in [1.82, 2.24) is 4.90 Å². The second-order valence-corrected chi connectivity index (χ2v) is 4.52. The Labute approximate surface area is 86.0 Å². The molecule has 82 valence electrons. The average molecular weight is 199 g/mol. The van der Waals surface area contributed by atoms with Crippen LogP contribution >= 0.6 is 0 Å². The number of hydrogen-bond donors (Lipinski definition) is 1. The first kappa shape index (κ1) is 10.4. The zero-order valence-electron chi connectivity index (χ0n) is 8.82. The standard InChI is InChI=1S/C11H21NO2/c13-10-3-1-6-12(9-10)7-5-11-4-2-8-14-11/h10-11,13H,1-9H2/t10-,11?/m0/s1. The highest BCUT2D eigenvalue weighted by atomic mass is 16.5. The van der Waals surface area contributed by atoms with Gasteiger partial charge in [-0.1, -0.05) is 0 Å². The fourth-order valence-corrected chi connectivity index (χ4v) is 2.43. The second kappa shape index (κ2) is 5.10. The van der Waals surface area contributed by atoms with Gasteiger partial charge in [-0.25, -0.2) is 0 Å². The van der Waals surface area contributed by atoms with Crippen LogP contribution in [0.2, 0.25) is 0 Å². The molecule has 0 radical (unpaired) electrons. The third kappa shape index (κ3) is 2.94. The highest BCUT2D eigenvalue weighted by Gasteiger charge is 2.20. The quantitative estimate of drug-likeness (QED) is 0.736. The highest BCUT2D eigenvalue weighted by Crippen LogP contribution is 2.17. The number of β-amino-alcohol motifs (C(OH)–C–C–N with tert-alkyl or cyclic N) is 1. The minimum absolute atomic E-state index is 0.0896. The molecule has 1 unspecified atom stereocenters. The van der Waals surface area contributed by atoms with Crippen molar-refractivity contribution in [3.05, 3.63) is 0 Å². The molecular weight excluding hydrogens is 178 g/mol. The van der Waals surface area contributed by atoms with Gasteiger partial charge in [0, 0.05) is 19.7 Å². The molecule has 0 amide bonds. The Morgan fingerprint density at radius 2 is 2.21 bits per heavy atom. The zero-order chi connectivity index (χ0) is 9.80. The second-order valence-electron chi connectivity index (χ2n) is 4.52. The van der Waals surface area contributed by atoms with Crippen molar-refractivity contribution < 1.29 is 9.84 Å². The molecule has 0 spiro atoms. The van der Waals surface area contributed by atoms with Crippen molar-refractivity contribution in [2.24, 2.45) is 0 Å². The first-order valence-corrected chi connectivity index (χ1v) is 5.86. The monoisotopic (exact) mass is 199 g/mol. The summed E-state index contributed by atoms with van der Waals surface area (Å²) >= 11 is 0. The number of aliphatic hydroxyl groups excluding tert-OH is 1. The van der Waals surface area contributed by atoms with Gasteiger partial charge in [0.05, 0.1) is 12.2 Å². The van der Waals surface area contributed by atoms with E-state index in [0.29, 0.717) is 6.10 Å². The highest BCUT2D eigenvalue weighted by molar-refractivity contribution is 4.74. The largest absolute Gasteiger partial charge is 0.392 e. The topological polar surface area (TPSA) is 32.7 Å². The predicted octanol–water partition coefficient (Wildman–Crippen LogP) is 1.01. The normalized spacial score (nSPS) is 34.9. The Bertz CT molecular complexity index is 169. The number of ether oxygens (including phenoxy) is 1. The lowest BCUT2D eigenvalue weighted by atomic mass is 10.1. The van der Waals surface area contributed by atoms with Crippen LogP contribution in [0, 0.1) is 0 Å². The van der Waals surface area contributed by atoms with Crippen molar-refractivity contribution in [2.75, 3.05) is 26.2 Å². The van der Waals surface area contributed by atoms with Gasteiger partial charge in [-0.3, -0.25) is 0 Å². The predicted molar refractivity (Wildman–Crippen MR) is 55.3 cm³/mol. The number of nitrogens with zero attached hydrogens (tertiary/aromatic N) is 1. The van der Waals surface area contributed by atoms with Crippen molar-refractivity contribution in [1.29, 1.82) is 0 Å². The van der Waals surface area contributed by atoms with E-state index < -0.39 is 0 Å². The van der Waals surface area contributed by atoms with Crippen LogP contribution in [0.3, 0.4) is 0 Å². The fraction of sp³-hybridized carbons (Fsp3) is 1.00. The minimum atomic E-state index is -0.0896. The number of rotatable bonds is 3. The molecule has 0 saturated carbocycles. The number of aliphatic hydroxyl groups is 1. The molecule has 0 aromatic rings. The summed E-state index contributed by atoms with van der Waals surface area (Å²) in [5, 5.41) is 9.50. The molecule has 3 nitrogen and oxygen atoms in total. The lowest BCUT2D eigenvalue weighted by Gasteiger charge is -2.30. The van der Waals surface area contributed by atoms with E-state index in [4.69, 9.17) is 4.74 Å². The van der Waals surface area contributed by atoms with Crippen molar-refractivity contribution in [3.8, 4) is 0 Å². The van der Waals surface area contributed by atoms with Gasteiger partial charge in [-0.2, -0.15) is 0 Å². The van der Waals surface area contributed by atoms with Crippen molar-refractivity contribution in [3.63, 3.8) is 0 Å². The van der Waals surface area contributed by atoms with Crippen LogP contribution in [0.25, 0.3) is 0 Å². The lowest BCUT2D eigenvalue weighted by Crippen LogP contribution is -2.39. The van der Waals surface area contributed by atoms with E-state index in [1.54, 1.807) is 0 Å². The number of hydrogen-bond acceptors (Lipinski definition) is 3. The Hall–Kier alpha value is -0.120. The van der Waals surface area contributed by atoms with Gasteiger partial charge >= 0.3 is 0 Å². The molecule has 1 N–H and O–H groups in total. The summed E-state index contributed by atoms with van der Waals surface area (Å²) in [7, 11) is 0. The molecule has 2 atom stereocenters. The number of likely N-dealkylation sites (tertiary alicyclic amines) is 1.